The summed E-state index contributed by atoms with van der Waals surface area (Å²) in [6.45, 7) is 4.05. The number of rotatable bonds is 3. The molecule has 0 heterocycles. The summed E-state index contributed by atoms with van der Waals surface area (Å²) in [6.07, 6.45) is 0.384. The highest BCUT2D eigenvalue weighted by Gasteiger charge is 2.14. The Balaban J connectivity index is 2.34. The third-order valence-corrected chi connectivity index (χ3v) is 4.03. The molecular formula is C16H14BrClO. The molecule has 0 unspecified atom stereocenters. The summed E-state index contributed by atoms with van der Waals surface area (Å²) in [7, 11) is 0. The number of ketones is 1. The molecule has 98 valence electrons. The molecule has 0 aliphatic heterocycles. The minimum atomic E-state index is 0.0451. The van der Waals surface area contributed by atoms with Crippen LogP contribution in [0.5, 0.6) is 0 Å². The largest absolute Gasteiger partial charge is 0.294 e. The Morgan fingerprint density at radius 3 is 2.42 bits per heavy atom. The summed E-state index contributed by atoms with van der Waals surface area (Å²) in [4.78, 5) is 12.4. The zero-order chi connectivity index (χ0) is 14.0. The second-order valence-corrected chi connectivity index (χ2v) is 5.92. The van der Waals surface area contributed by atoms with Gasteiger partial charge in [0.05, 0.1) is 5.02 Å². The summed E-state index contributed by atoms with van der Waals surface area (Å²) in [5, 5.41) is 0.499. The van der Waals surface area contributed by atoms with Gasteiger partial charge in [-0.05, 0) is 48.7 Å². The SMILES string of the molecule is Cc1cccc(C)c1CC(=O)c1cc(Br)ccc1Cl. The highest BCUT2D eigenvalue weighted by Crippen LogP contribution is 2.24. The van der Waals surface area contributed by atoms with Gasteiger partial charge in [0.1, 0.15) is 0 Å². The van der Waals surface area contributed by atoms with Crippen LogP contribution in [-0.2, 0) is 6.42 Å². The van der Waals surface area contributed by atoms with Crippen molar-refractivity contribution in [3.05, 3.63) is 68.1 Å². The molecule has 0 radical (unpaired) electrons. The minimum Gasteiger partial charge on any atom is -0.294 e. The van der Waals surface area contributed by atoms with Gasteiger partial charge in [0.15, 0.2) is 5.78 Å². The van der Waals surface area contributed by atoms with E-state index in [4.69, 9.17) is 11.6 Å². The van der Waals surface area contributed by atoms with Crippen LogP contribution in [0.3, 0.4) is 0 Å². The van der Waals surface area contributed by atoms with E-state index in [1.54, 1.807) is 12.1 Å². The first-order chi connectivity index (χ1) is 8.99. The quantitative estimate of drug-likeness (QED) is 0.708. The number of hydrogen-bond acceptors (Lipinski definition) is 1. The fraction of sp³-hybridized carbons (Fsp3) is 0.188. The molecule has 0 spiro atoms. The number of carbonyl (C=O) groups is 1. The van der Waals surface area contributed by atoms with Crippen molar-refractivity contribution < 1.29 is 4.79 Å². The molecule has 2 aromatic carbocycles. The van der Waals surface area contributed by atoms with E-state index in [2.05, 4.69) is 15.9 Å². The van der Waals surface area contributed by atoms with E-state index < -0.39 is 0 Å². The Hall–Kier alpha value is -1.12. The van der Waals surface area contributed by atoms with E-state index in [1.807, 2.05) is 38.1 Å². The average molecular weight is 338 g/mol. The lowest BCUT2D eigenvalue weighted by molar-refractivity contribution is 0.0992. The van der Waals surface area contributed by atoms with Crippen LogP contribution in [0.25, 0.3) is 0 Å². The molecule has 0 aliphatic rings. The molecule has 0 fully saturated rings. The van der Waals surface area contributed by atoms with Crippen molar-refractivity contribution >= 4 is 33.3 Å². The maximum absolute atomic E-state index is 12.4. The molecule has 2 rings (SSSR count). The third-order valence-electron chi connectivity index (χ3n) is 3.21. The maximum Gasteiger partial charge on any atom is 0.168 e. The topological polar surface area (TPSA) is 17.1 Å². The summed E-state index contributed by atoms with van der Waals surface area (Å²) in [5.41, 5.74) is 3.93. The van der Waals surface area contributed by atoms with Gasteiger partial charge in [0.25, 0.3) is 0 Å². The molecule has 3 heteroatoms. The number of halogens is 2. The molecular weight excluding hydrogens is 324 g/mol. The Labute approximate surface area is 126 Å². The zero-order valence-corrected chi connectivity index (χ0v) is 13.2. The smallest absolute Gasteiger partial charge is 0.168 e. The van der Waals surface area contributed by atoms with Crippen LogP contribution in [0.2, 0.25) is 5.02 Å². The van der Waals surface area contributed by atoms with E-state index in [-0.39, 0.29) is 5.78 Å². The molecule has 0 saturated carbocycles. The molecule has 0 aromatic heterocycles. The van der Waals surface area contributed by atoms with Gasteiger partial charge >= 0.3 is 0 Å². The molecule has 19 heavy (non-hydrogen) atoms. The van der Waals surface area contributed by atoms with Crippen LogP contribution in [0.1, 0.15) is 27.0 Å². The van der Waals surface area contributed by atoms with Crippen LogP contribution in [0, 0.1) is 13.8 Å². The summed E-state index contributed by atoms with van der Waals surface area (Å²) >= 11 is 9.46. The highest BCUT2D eigenvalue weighted by atomic mass is 79.9. The second-order valence-electron chi connectivity index (χ2n) is 4.59. The minimum absolute atomic E-state index is 0.0451. The molecule has 0 amide bonds. The lowest BCUT2D eigenvalue weighted by Gasteiger charge is -2.10. The predicted octanol–water partition coefficient (Wildman–Crippen LogP) is 5.14. The first-order valence-corrected chi connectivity index (χ1v) is 7.19. The third kappa shape index (κ3) is 3.26. The van der Waals surface area contributed by atoms with Crippen molar-refractivity contribution in [1.82, 2.24) is 0 Å². The number of carbonyl (C=O) groups excluding carboxylic acids is 1. The molecule has 0 bridgehead atoms. The number of hydrogen-bond donors (Lipinski definition) is 0. The molecule has 0 N–H and O–H groups in total. The Kier molecular flexibility index (Phi) is 4.43. The Bertz CT molecular complexity index is 614. The maximum atomic E-state index is 12.4. The summed E-state index contributed by atoms with van der Waals surface area (Å²) in [5.74, 6) is 0.0451. The summed E-state index contributed by atoms with van der Waals surface area (Å²) in [6, 6.07) is 11.4. The van der Waals surface area contributed by atoms with Crippen molar-refractivity contribution in [3.8, 4) is 0 Å². The van der Waals surface area contributed by atoms with Gasteiger partial charge in [-0.3, -0.25) is 4.79 Å². The Morgan fingerprint density at radius 2 is 1.79 bits per heavy atom. The first-order valence-electron chi connectivity index (χ1n) is 6.02. The van der Waals surface area contributed by atoms with Crippen LogP contribution in [0.4, 0.5) is 0 Å². The monoisotopic (exact) mass is 336 g/mol. The average Bonchev–Trinajstić information content (AvgIpc) is 2.37. The molecule has 1 nitrogen and oxygen atoms in total. The van der Waals surface area contributed by atoms with Gasteiger partial charge < -0.3 is 0 Å². The zero-order valence-electron chi connectivity index (χ0n) is 10.8. The lowest BCUT2D eigenvalue weighted by Crippen LogP contribution is -2.07. The van der Waals surface area contributed by atoms with Crippen molar-refractivity contribution in [1.29, 1.82) is 0 Å². The predicted molar refractivity (Wildman–Crippen MR) is 83.1 cm³/mol. The lowest BCUT2D eigenvalue weighted by atomic mass is 9.95. The van der Waals surface area contributed by atoms with Crippen molar-refractivity contribution in [2.45, 2.75) is 20.3 Å². The van der Waals surface area contributed by atoms with Crippen molar-refractivity contribution in [2.24, 2.45) is 0 Å². The van der Waals surface area contributed by atoms with E-state index in [0.29, 0.717) is 17.0 Å². The van der Waals surface area contributed by atoms with Gasteiger partial charge in [-0.25, -0.2) is 0 Å². The molecule has 0 aliphatic carbocycles. The standard InChI is InChI=1S/C16H14BrClO/c1-10-4-3-5-11(2)13(10)9-16(19)14-8-12(17)6-7-15(14)18/h3-8H,9H2,1-2H3. The number of aryl methyl sites for hydroxylation is 2. The van der Waals surface area contributed by atoms with Gasteiger partial charge in [0, 0.05) is 16.5 Å². The molecule has 2 aromatic rings. The van der Waals surface area contributed by atoms with Crippen LogP contribution in [0.15, 0.2) is 40.9 Å². The van der Waals surface area contributed by atoms with E-state index in [0.717, 1.165) is 21.2 Å². The van der Waals surface area contributed by atoms with Crippen LogP contribution < -0.4 is 0 Å². The number of Topliss-reactive ketones (excluding diaryl/α,β-unsaturated/α-hetero) is 1. The van der Waals surface area contributed by atoms with Crippen molar-refractivity contribution in [2.75, 3.05) is 0 Å². The number of benzene rings is 2. The fourth-order valence-electron chi connectivity index (χ4n) is 2.09. The van der Waals surface area contributed by atoms with Gasteiger partial charge in [0.2, 0.25) is 0 Å². The van der Waals surface area contributed by atoms with Gasteiger partial charge in [-0.1, -0.05) is 45.7 Å². The van der Waals surface area contributed by atoms with Crippen LogP contribution >= 0.6 is 27.5 Å². The van der Waals surface area contributed by atoms with E-state index in [9.17, 15) is 4.79 Å². The summed E-state index contributed by atoms with van der Waals surface area (Å²) < 4.78 is 0.863. The van der Waals surface area contributed by atoms with E-state index >= 15 is 0 Å². The molecule has 0 saturated heterocycles. The van der Waals surface area contributed by atoms with E-state index in [1.165, 1.54) is 0 Å². The second kappa shape index (κ2) is 5.89. The highest BCUT2D eigenvalue weighted by molar-refractivity contribution is 9.10. The van der Waals surface area contributed by atoms with Gasteiger partial charge in [-0.15, -0.1) is 0 Å². The van der Waals surface area contributed by atoms with Crippen molar-refractivity contribution in [3.63, 3.8) is 0 Å². The van der Waals surface area contributed by atoms with Crippen LogP contribution in [-0.4, -0.2) is 5.78 Å². The van der Waals surface area contributed by atoms with Gasteiger partial charge in [-0.2, -0.15) is 0 Å². The Morgan fingerprint density at radius 1 is 1.16 bits per heavy atom. The fourth-order valence-corrected chi connectivity index (χ4v) is 2.68. The first kappa shape index (κ1) is 14.3. The molecule has 0 atom stereocenters. The normalized spacial score (nSPS) is 10.5.